The lowest BCUT2D eigenvalue weighted by Gasteiger charge is -2.41. The fourth-order valence-corrected chi connectivity index (χ4v) is 3.12. The summed E-state index contributed by atoms with van der Waals surface area (Å²) in [5.41, 5.74) is 5.30. The maximum Gasteiger partial charge on any atom is 0.299 e. The molecule has 1 aromatic heterocycles. The largest absolute Gasteiger partial charge is 0.409 e. The fourth-order valence-electron chi connectivity index (χ4n) is 3.12. The number of nitro benzene ring substituents is 2. The standard InChI is InChI=1S/C14H16N8O6/c1-8-7-19(10-3-2-9(21(24)25)6-11(10)22(26)27)4-5-20(8)14(16-23)12-13(15)18-28-17-12/h2-3,6,8,23H,4-5,7H2,1H3,(H2,15,18)/b16-14+/t8-/m1/s1. The van der Waals surface area contributed by atoms with Gasteiger partial charge in [0.1, 0.15) is 5.69 Å². The van der Waals surface area contributed by atoms with Gasteiger partial charge < -0.3 is 20.7 Å². The molecule has 2 aromatic rings. The number of nitrogen functional groups attached to an aromatic ring is 1. The molecule has 0 bridgehead atoms. The molecule has 1 aromatic carbocycles. The van der Waals surface area contributed by atoms with Crippen molar-refractivity contribution in [1.29, 1.82) is 0 Å². The Labute approximate surface area is 157 Å². The number of non-ortho nitro benzene ring substituents is 1. The minimum absolute atomic E-state index is 0.0339. The molecule has 2 heterocycles. The molecule has 1 fully saturated rings. The van der Waals surface area contributed by atoms with E-state index in [9.17, 15) is 25.4 Å². The van der Waals surface area contributed by atoms with Crippen molar-refractivity contribution in [2.24, 2.45) is 5.16 Å². The number of rotatable bonds is 4. The molecule has 0 spiro atoms. The Morgan fingerprint density at radius 2 is 2.07 bits per heavy atom. The number of hydrogen-bond donors (Lipinski definition) is 2. The molecule has 3 N–H and O–H groups in total. The van der Waals surface area contributed by atoms with Gasteiger partial charge in [-0.2, -0.15) is 0 Å². The molecule has 3 rings (SSSR count). The number of oxime groups is 1. The highest BCUT2D eigenvalue weighted by Crippen LogP contribution is 2.33. The third kappa shape index (κ3) is 3.34. The zero-order chi connectivity index (χ0) is 20.4. The van der Waals surface area contributed by atoms with Crippen LogP contribution in [-0.2, 0) is 0 Å². The number of anilines is 2. The molecule has 28 heavy (non-hydrogen) atoms. The van der Waals surface area contributed by atoms with Gasteiger partial charge >= 0.3 is 0 Å². The first kappa shape index (κ1) is 18.8. The van der Waals surface area contributed by atoms with E-state index in [0.717, 1.165) is 6.07 Å². The van der Waals surface area contributed by atoms with Crippen LogP contribution >= 0.6 is 0 Å². The second-order valence-corrected chi connectivity index (χ2v) is 6.10. The second kappa shape index (κ2) is 7.34. The van der Waals surface area contributed by atoms with E-state index < -0.39 is 9.85 Å². The van der Waals surface area contributed by atoms with Gasteiger partial charge in [-0.25, -0.2) is 4.63 Å². The maximum atomic E-state index is 11.4. The zero-order valence-electron chi connectivity index (χ0n) is 14.6. The summed E-state index contributed by atoms with van der Waals surface area (Å²) in [4.78, 5) is 24.4. The van der Waals surface area contributed by atoms with Crippen LogP contribution in [0.15, 0.2) is 28.0 Å². The maximum absolute atomic E-state index is 11.4. The molecular weight excluding hydrogens is 376 g/mol. The molecule has 148 valence electrons. The van der Waals surface area contributed by atoms with Crippen molar-refractivity contribution < 1.29 is 19.7 Å². The molecule has 1 aliphatic heterocycles. The van der Waals surface area contributed by atoms with Gasteiger partial charge in [0.2, 0.25) is 5.84 Å². The number of hydrogen-bond acceptors (Lipinski definition) is 11. The van der Waals surface area contributed by atoms with E-state index in [1.165, 1.54) is 12.1 Å². The monoisotopic (exact) mass is 392 g/mol. The predicted molar refractivity (Wildman–Crippen MR) is 95.2 cm³/mol. The average Bonchev–Trinajstić information content (AvgIpc) is 3.08. The molecule has 0 unspecified atom stereocenters. The van der Waals surface area contributed by atoms with Gasteiger partial charge in [0, 0.05) is 31.7 Å². The van der Waals surface area contributed by atoms with Crippen molar-refractivity contribution in [2.75, 3.05) is 30.3 Å². The summed E-state index contributed by atoms with van der Waals surface area (Å²) in [5.74, 6) is 0.0394. The van der Waals surface area contributed by atoms with Gasteiger partial charge in [0.05, 0.1) is 15.9 Å². The molecular formula is C14H16N8O6. The van der Waals surface area contributed by atoms with Gasteiger partial charge in [0.15, 0.2) is 11.5 Å². The van der Waals surface area contributed by atoms with Gasteiger partial charge in [-0.05, 0) is 23.3 Å². The summed E-state index contributed by atoms with van der Waals surface area (Å²) in [6.07, 6.45) is 0. The van der Waals surface area contributed by atoms with E-state index in [2.05, 4.69) is 20.1 Å². The average molecular weight is 392 g/mol. The predicted octanol–water partition coefficient (Wildman–Crippen LogP) is 0.815. The first-order valence-electron chi connectivity index (χ1n) is 8.08. The van der Waals surface area contributed by atoms with Crippen molar-refractivity contribution in [2.45, 2.75) is 13.0 Å². The number of nitrogens with two attached hydrogens (primary N) is 1. The lowest BCUT2D eigenvalue weighted by Crippen LogP contribution is -2.54. The number of nitro groups is 2. The van der Waals surface area contributed by atoms with Crippen LogP contribution in [0.2, 0.25) is 0 Å². The summed E-state index contributed by atoms with van der Waals surface area (Å²) in [5, 5.41) is 42.0. The minimum Gasteiger partial charge on any atom is -0.409 e. The number of amidine groups is 1. The Hall–Kier alpha value is -3.97. The molecule has 1 aliphatic rings. The second-order valence-electron chi connectivity index (χ2n) is 6.10. The number of nitrogens with zero attached hydrogens (tertiary/aromatic N) is 7. The van der Waals surface area contributed by atoms with Crippen LogP contribution in [-0.4, -0.2) is 61.8 Å². The normalized spacial score (nSPS) is 17.6. The number of aromatic nitrogens is 2. The summed E-state index contributed by atoms with van der Waals surface area (Å²) in [6.45, 7) is 2.79. The van der Waals surface area contributed by atoms with Crippen molar-refractivity contribution in [1.82, 2.24) is 15.2 Å². The summed E-state index contributed by atoms with van der Waals surface area (Å²) >= 11 is 0. The SMILES string of the molecule is C[C@@H]1CN(c2ccc([N+](=O)[O-])cc2[N+](=O)[O-])CCN1/C(=N/O)c1nonc1N. The van der Waals surface area contributed by atoms with Crippen molar-refractivity contribution >= 4 is 28.7 Å². The van der Waals surface area contributed by atoms with Crippen LogP contribution in [0.5, 0.6) is 0 Å². The number of benzene rings is 1. The highest BCUT2D eigenvalue weighted by Gasteiger charge is 2.33. The highest BCUT2D eigenvalue weighted by atomic mass is 16.6. The van der Waals surface area contributed by atoms with Gasteiger partial charge in [-0.1, -0.05) is 5.16 Å². The van der Waals surface area contributed by atoms with Crippen LogP contribution in [0.1, 0.15) is 12.6 Å². The molecule has 0 saturated carbocycles. The van der Waals surface area contributed by atoms with Crippen LogP contribution in [0.3, 0.4) is 0 Å². The van der Waals surface area contributed by atoms with Crippen molar-refractivity contribution in [3.63, 3.8) is 0 Å². The van der Waals surface area contributed by atoms with Crippen molar-refractivity contribution in [3.8, 4) is 0 Å². The van der Waals surface area contributed by atoms with Crippen LogP contribution in [0, 0.1) is 20.2 Å². The summed E-state index contributed by atoms with van der Waals surface area (Å²) in [6, 6.07) is 3.26. The van der Waals surface area contributed by atoms with Gasteiger partial charge in [-0.3, -0.25) is 20.2 Å². The van der Waals surface area contributed by atoms with Gasteiger partial charge in [0.25, 0.3) is 11.4 Å². The third-order valence-electron chi connectivity index (χ3n) is 4.43. The summed E-state index contributed by atoms with van der Waals surface area (Å²) in [7, 11) is 0. The minimum atomic E-state index is -0.683. The Kier molecular flexibility index (Phi) is 4.93. The number of piperazine rings is 1. The molecule has 14 nitrogen and oxygen atoms in total. The highest BCUT2D eigenvalue weighted by molar-refractivity contribution is 6.00. The van der Waals surface area contributed by atoms with Crippen LogP contribution in [0.25, 0.3) is 0 Å². The summed E-state index contributed by atoms with van der Waals surface area (Å²) < 4.78 is 4.53. The van der Waals surface area contributed by atoms with E-state index in [4.69, 9.17) is 5.73 Å². The first-order chi connectivity index (χ1) is 13.3. The van der Waals surface area contributed by atoms with E-state index in [1.807, 2.05) is 6.92 Å². The Bertz CT molecular complexity index is 944. The van der Waals surface area contributed by atoms with Crippen LogP contribution < -0.4 is 10.6 Å². The van der Waals surface area contributed by atoms with Crippen LogP contribution in [0.4, 0.5) is 22.9 Å². The Morgan fingerprint density at radius 1 is 1.32 bits per heavy atom. The van der Waals surface area contributed by atoms with E-state index in [1.54, 1.807) is 9.80 Å². The Balaban J connectivity index is 1.85. The molecule has 0 aliphatic carbocycles. The molecule has 1 saturated heterocycles. The Morgan fingerprint density at radius 3 is 2.61 bits per heavy atom. The van der Waals surface area contributed by atoms with Gasteiger partial charge in [-0.15, -0.1) is 0 Å². The molecule has 0 radical (unpaired) electrons. The molecule has 0 amide bonds. The lowest BCUT2D eigenvalue weighted by molar-refractivity contribution is -0.393. The zero-order valence-corrected chi connectivity index (χ0v) is 14.6. The van der Waals surface area contributed by atoms with E-state index >= 15 is 0 Å². The van der Waals surface area contributed by atoms with E-state index in [0.29, 0.717) is 19.6 Å². The van der Waals surface area contributed by atoms with Crippen molar-refractivity contribution in [3.05, 3.63) is 44.1 Å². The quantitative estimate of drug-likeness (QED) is 0.246. The molecule has 1 atom stereocenters. The third-order valence-corrected chi connectivity index (χ3v) is 4.43. The fraction of sp³-hybridized carbons (Fsp3) is 0.357. The smallest absolute Gasteiger partial charge is 0.299 e. The topological polar surface area (TPSA) is 190 Å². The lowest BCUT2D eigenvalue weighted by atomic mass is 10.1. The molecule has 14 heteroatoms. The van der Waals surface area contributed by atoms with E-state index in [-0.39, 0.29) is 40.5 Å². The first-order valence-corrected chi connectivity index (χ1v) is 8.08.